The van der Waals surface area contributed by atoms with Gasteiger partial charge >= 0.3 is 0 Å². The molecule has 1 saturated heterocycles. The zero-order valence-electron chi connectivity index (χ0n) is 16.8. The number of oxazole rings is 1. The number of aromatic nitrogens is 1. The molecule has 3 aromatic rings. The summed E-state index contributed by atoms with van der Waals surface area (Å²) in [5.41, 5.74) is 2.89. The summed E-state index contributed by atoms with van der Waals surface area (Å²) in [5.74, 6) is -0.310. The van der Waals surface area contributed by atoms with Crippen LogP contribution in [0.1, 0.15) is 17.0 Å². The van der Waals surface area contributed by atoms with Crippen LogP contribution in [0.2, 0.25) is 0 Å². The summed E-state index contributed by atoms with van der Waals surface area (Å²) < 4.78 is 19.0. The predicted molar refractivity (Wildman–Crippen MR) is 108 cm³/mol. The maximum atomic E-state index is 13.2. The van der Waals surface area contributed by atoms with Gasteiger partial charge in [-0.05, 0) is 50.2 Å². The standard InChI is InChI=1S/C22H18FN5O3/c1-12-3-5-14(6-4-12)20-24-17(13(2)31-20)11-27-19-18(25-26-27)21(29)28(22(19)30)16-9-7-15(23)8-10-16/h3-10,18-19H,11H2,1-2H3/t18-,19-/m0/s1. The minimum Gasteiger partial charge on any atom is -0.441 e. The number of rotatable bonds is 4. The van der Waals surface area contributed by atoms with Crippen LogP contribution in [0.4, 0.5) is 10.1 Å². The molecule has 0 bridgehead atoms. The van der Waals surface area contributed by atoms with Crippen molar-refractivity contribution in [2.24, 2.45) is 10.3 Å². The lowest BCUT2D eigenvalue weighted by atomic mass is 10.1. The quantitative estimate of drug-likeness (QED) is 0.603. The summed E-state index contributed by atoms with van der Waals surface area (Å²) in [6, 6.07) is 11.2. The molecule has 0 radical (unpaired) electrons. The molecule has 5 rings (SSSR count). The Kier molecular flexibility index (Phi) is 4.39. The van der Waals surface area contributed by atoms with E-state index in [4.69, 9.17) is 4.42 Å². The second-order valence-electron chi connectivity index (χ2n) is 7.57. The van der Waals surface area contributed by atoms with Gasteiger partial charge in [-0.25, -0.2) is 14.3 Å². The third-order valence-electron chi connectivity index (χ3n) is 5.45. The molecule has 2 atom stereocenters. The number of nitrogens with zero attached hydrogens (tertiary/aromatic N) is 5. The molecule has 0 aliphatic carbocycles. The minimum absolute atomic E-state index is 0.169. The summed E-state index contributed by atoms with van der Waals surface area (Å²) >= 11 is 0. The van der Waals surface area contributed by atoms with E-state index in [1.165, 1.54) is 29.3 Å². The van der Waals surface area contributed by atoms with Crippen molar-refractivity contribution in [2.75, 3.05) is 4.90 Å². The van der Waals surface area contributed by atoms with Crippen LogP contribution in [0.3, 0.4) is 0 Å². The highest BCUT2D eigenvalue weighted by atomic mass is 19.1. The van der Waals surface area contributed by atoms with Crippen molar-refractivity contribution in [2.45, 2.75) is 32.5 Å². The van der Waals surface area contributed by atoms with Gasteiger partial charge in [-0.2, -0.15) is 5.11 Å². The monoisotopic (exact) mass is 419 g/mol. The van der Waals surface area contributed by atoms with Crippen molar-refractivity contribution in [3.63, 3.8) is 0 Å². The molecule has 1 fully saturated rings. The Labute approximate surface area is 177 Å². The molecule has 0 saturated carbocycles. The number of hydrogen-bond donors (Lipinski definition) is 0. The Morgan fingerprint density at radius 1 is 1.00 bits per heavy atom. The second kappa shape index (κ2) is 7.12. The first-order valence-corrected chi connectivity index (χ1v) is 9.76. The normalized spacial score (nSPS) is 20.1. The SMILES string of the molecule is Cc1ccc(-c2nc(CN3N=N[C@@H]4C(=O)N(c5ccc(F)cc5)C(=O)[C@H]43)c(C)o2)cc1. The van der Waals surface area contributed by atoms with Gasteiger partial charge < -0.3 is 4.42 Å². The van der Waals surface area contributed by atoms with E-state index in [9.17, 15) is 14.0 Å². The number of aryl methyl sites for hydroxylation is 2. The van der Waals surface area contributed by atoms with Crippen LogP contribution in [0.5, 0.6) is 0 Å². The third-order valence-corrected chi connectivity index (χ3v) is 5.45. The first-order valence-electron chi connectivity index (χ1n) is 9.76. The topological polar surface area (TPSA) is 91.4 Å². The molecule has 2 aromatic carbocycles. The smallest absolute Gasteiger partial charge is 0.263 e. The molecule has 31 heavy (non-hydrogen) atoms. The number of anilines is 1. The van der Waals surface area contributed by atoms with Gasteiger partial charge in [0.15, 0.2) is 12.1 Å². The van der Waals surface area contributed by atoms with E-state index < -0.39 is 29.7 Å². The van der Waals surface area contributed by atoms with Crippen LogP contribution in [-0.4, -0.2) is 33.9 Å². The lowest BCUT2D eigenvalue weighted by molar-refractivity contribution is -0.123. The highest BCUT2D eigenvalue weighted by molar-refractivity contribution is 6.25. The molecule has 8 nitrogen and oxygen atoms in total. The lowest BCUT2D eigenvalue weighted by Gasteiger charge is -2.19. The molecular weight excluding hydrogens is 401 g/mol. The van der Waals surface area contributed by atoms with Crippen molar-refractivity contribution in [1.29, 1.82) is 0 Å². The summed E-state index contributed by atoms with van der Waals surface area (Å²) in [6.45, 7) is 3.96. The molecule has 0 spiro atoms. The van der Waals surface area contributed by atoms with Crippen molar-refractivity contribution >= 4 is 17.5 Å². The minimum atomic E-state index is -0.929. The summed E-state index contributed by atoms with van der Waals surface area (Å²) in [6.07, 6.45) is 0. The zero-order valence-corrected chi connectivity index (χ0v) is 16.8. The van der Waals surface area contributed by atoms with E-state index in [0.717, 1.165) is 16.0 Å². The molecule has 0 N–H and O–H groups in total. The van der Waals surface area contributed by atoms with E-state index >= 15 is 0 Å². The van der Waals surface area contributed by atoms with Crippen molar-refractivity contribution in [1.82, 2.24) is 9.99 Å². The van der Waals surface area contributed by atoms with Crippen LogP contribution in [0, 0.1) is 19.7 Å². The maximum Gasteiger partial charge on any atom is 0.263 e. The fourth-order valence-electron chi connectivity index (χ4n) is 3.75. The number of amides is 2. The van der Waals surface area contributed by atoms with Crippen LogP contribution >= 0.6 is 0 Å². The lowest BCUT2D eigenvalue weighted by Crippen LogP contribution is -2.39. The summed E-state index contributed by atoms with van der Waals surface area (Å²) in [7, 11) is 0. The largest absolute Gasteiger partial charge is 0.441 e. The molecule has 2 aliphatic rings. The van der Waals surface area contributed by atoms with Gasteiger partial charge in [0.05, 0.1) is 12.2 Å². The Hall–Kier alpha value is -3.88. The molecule has 2 amide bonds. The number of carbonyl (C=O) groups excluding carboxylic acids is 2. The average molecular weight is 419 g/mol. The highest BCUT2D eigenvalue weighted by Crippen LogP contribution is 2.33. The number of hydrogen-bond acceptors (Lipinski definition) is 7. The fraction of sp³-hybridized carbons (Fsp3) is 0.227. The predicted octanol–water partition coefficient (Wildman–Crippen LogP) is 3.59. The number of carbonyl (C=O) groups is 2. The van der Waals surface area contributed by atoms with E-state index in [1.807, 2.05) is 31.2 Å². The average Bonchev–Trinajstić information content (AvgIpc) is 3.40. The van der Waals surface area contributed by atoms with Gasteiger partial charge in [0.1, 0.15) is 17.3 Å². The fourth-order valence-corrected chi connectivity index (χ4v) is 3.75. The molecule has 3 heterocycles. The molecular formula is C22H18FN5O3. The first-order chi connectivity index (χ1) is 14.9. The first kappa shape index (κ1) is 19.1. The van der Waals surface area contributed by atoms with Gasteiger partial charge in [0.25, 0.3) is 11.8 Å². The van der Waals surface area contributed by atoms with Gasteiger partial charge in [0, 0.05) is 5.56 Å². The number of imide groups is 1. The van der Waals surface area contributed by atoms with E-state index in [1.54, 1.807) is 6.92 Å². The van der Waals surface area contributed by atoms with Gasteiger partial charge in [-0.3, -0.25) is 14.6 Å². The third kappa shape index (κ3) is 3.18. The Bertz CT molecular complexity index is 1200. The van der Waals surface area contributed by atoms with E-state index in [-0.39, 0.29) is 6.54 Å². The number of fused-ring (bicyclic) bond motifs is 1. The van der Waals surface area contributed by atoms with Crippen LogP contribution in [0.15, 0.2) is 63.3 Å². The Morgan fingerprint density at radius 3 is 2.42 bits per heavy atom. The van der Waals surface area contributed by atoms with Crippen LogP contribution in [-0.2, 0) is 16.1 Å². The van der Waals surface area contributed by atoms with Crippen molar-refractivity contribution < 1.29 is 18.4 Å². The highest BCUT2D eigenvalue weighted by Gasteiger charge is 2.54. The van der Waals surface area contributed by atoms with Gasteiger partial charge in [-0.1, -0.05) is 22.9 Å². The van der Waals surface area contributed by atoms with Crippen molar-refractivity contribution in [3.8, 4) is 11.5 Å². The Morgan fingerprint density at radius 2 is 1.71 bits per heavy atom. The van der Waals surface area contributed by atoms with E-state index in [2.05, 4.69) is 15.3 Å². The molecule has 156 valence electrons. The Balaban J connectivity index is 1.39. The maximum absolute atomic E-state index is 13.2. The summed E-state index contributed by atoms with van der Waals surface area (Å²) in [5, 5.41) is 9.51. The van der Waals surface area contributed by atoms with Crippen LogP contribution in [0.25, 0.3) is 11.5 Å². The van der Waals surface area contributed by atoms with E-state index in [0.29, 0.717) is 23.0 Å². The van der Waals surface area contributed by atoms with Crippen LogP contribution < -0.4 is 4.90 Å². The van der Waals surface area contributed by atoms with Gasteiger partial charge in [0.2, 0.25) is 5.89 Å². The number of halogens is 1. The zero-order chi connectivity index (χ0) is 21.7. The number of benzene rings is 2. The molecule has 0 unspecified atom stereocenters. The summed E-state index contributed by atoms with van der Waals surface area (Å²) in [4.78, 5) is 31.4. The molecule has 2 aliphatic heterocycles. The molecule has 1 aromatic heterocycles. The van der Waals surface area contributed by atoms with Gasteiger partial charge in [-0.15, -0.1) is 0 Å². The van der Waals surface area contributed by atoms with Crippen molar-refractivity contribution in [3.05, 3.63) is 71.4 Å². The molecule has 9 heteroatoms. The second-order valence-corrected chi connectivity index (χ2v) is 7.57.